The Kier molecular flexibility index (Phi) is 2.93. The highest BCUT2D eigenvalue weighted by Crippen LogP contribution is 2.18. The van der Waals surface area contributed by atoms with E-state index < -0.39 is 0 Å². The van der Waals surface area contributed by atoms with Crippen LogP contribution in [0, 0.1) is 0 Å². The molecule has 0 saturated carbocycles. The van der Waals surface area contributed by atoms with Crippen molar-refractivity contribution in [3.05, 3.63) is 17.5 Å². The van der Waals surface area contributed by atoms with Gasteiger partial charge in [-0.05, 0) is 5.92 Å². The lowest BCUT2D eigenvalue weighted by molar-refractivity contribution is 0.0820. The molecule has 1 aromatic rings. The number of carbonyl (C=O) groups is 1. The molecule has 0 aliphatic rings. The molecule has 1 amide bonds. The summed E-state index contributed by atoms with van der Waals surface area (Å²) in [4.78, 5) is 13.3. The number of aryl methyl sites for hydroxylation is 1. The molecular formula is C10H17N3O. The molecule has 4 heteroatoms. The summed E-state index contributed by atoms with van der Waals surface area (Å²) in [5, 5.41) is 4.18. The van der Waals surface area contributed by atoms with Gasteiger partial charge in [0.2, 0.25) is 0 Å². The lowest BCUT2D eigenvalue weighted by atomic mass is 10.0. The van der Waals surface area contributed by atoms with Crippen LogP contribution in [0.15, 0.2) is 6.20 Å². The molecule has 4 nitrogen and oxygen atoms in total. The topological polar surface area (TPSA) is 38.1 Å². The summed E-state index contributed by atoms with van der Waals surface area (Å²) < 4.78 is 1.69. The first-order valence-electron chi connectivity index (χ1n) is 4.68. The number of amides is 1. The molecule has 0 N–H and O–H groups in total. The zero-order valence-electron chi connectivity index (χ0n) is 9.40. The zero-order chi connectivity index (χ0) is 10.9. The Morgan fingerprint density at radius 3 is 2.50 bits per heavy atom. The van der Waals surface area contributed by atoms with Crippen molar-refractivity contribution >= 4 is 5.91 Å². The van der Waals surface area contributed by atoms with Crippen LogP contribution in [0.1, 0.15) is 35.8 Å². The minimum atomic E-state index is -0.0331. The van der Waals surface area contributed by atoms with Gasteiger partial charge in [-0.15, -0.1) is 0 Å². The van der Waals surface area contributed by atoms with Gasteiger partial charge in [0.1, 0.15) is 0 Å². The molecule has 0 fully saturated rings. The Hall–Kier alpha value is -1.32. The van der Waals surface area contributed by atoms with E-state index >= 15 is 0 Å². The lowest BCUT2D eigenvalue weighted by Crippen LogP contribution is -2.23. The normalized spacial score (nSPS) is 10.7. The van der Waals surface area contributed by atoms with Gasteiger partial charge in [-0.2, -0.15) is 5.10 Å². The van der Waals surface area contributed by atoms with Gasteiger partial charge in [0.05, 0.1) is 0 Å². The second-order valence-electron chi connectivity index (χ2n) is 3.96. The molecule has 1 aromatic heterocycles. The smallest absolute Gasteiger partial charge is 0.274 e. The molecule has 0 aliphatic carbocycles. The molecule has 0 spiro atoms. The van der Waals surface area contributed by atoms with Crippen LogP contribution in [0.3, 0.4) is 0 Å². The maximum Gasteiger partial charge on any atom is 0.274 e. The Balaban J connectivity index is 3.13. The average Bonchev–Trinajstić information content (AvgIpc) is 2.45. The van der Waals surface area contributed by atoms with Gasteiger partial charge in [-0.25, -0.2) is 0 Å². The molecule has 0 bridgehead atoms. The van der Waals surface area contributed by atoms with Crippen molar-refractivity contribution in [1.82, 2.24) is 14.7 Å². The van der Waals surface area contributed by atoms with Gasteiger partial charge in [-0.1, -0.05) is 13.8 Å². The Morgan fingerprint density at radius 2 is 2.07 bits per heavy atom. The molecule has 1 rings (SSSR count). The molecule has 1 heterocycles. The third-order valence-electron chi connectivity index (χ3n) is 2.09. The van der Waals surface area contributed by atoms with Crippen LogP contribution in [0.25, 0.3) is 0 Å². The molecule has 0 atom stereocenters. The second kappa shape index (κ2) is 3.82. The Morgan fingerprint density at radius 1 is 1.50 bits per heavy atom. The minimum Gasteiger partial charge on any atom is -0.343 e. The van der Waals surface area contributed by atoms with Crippen molar-refractivity contribution in [2.45, 2.75) is 19.8 Å². The van der Waals surface area contributed by atoms with Crippen LogP contribution in [0.5, 0.6) is 0 Å². The van der Waals surface area contributed by atoms with E-state index in [2.05, 4.69) is 18.9 Å². The van der Waals surface area contributed by atoms with Crippen LogP contribution in [-0.2, 0) is 7.05 Å². The SMILES string of the molecule is CC(C)c1cn(C)nc1C(=O)N(C)C. The first kappa shape index (κ1) is 10.8. The summed E-state index contributed by atoms with van der Waals surface area (Å²) in [5.41, 5.74) is 1.57. The van der Waals surface area contributed by atoms with E-state index in [0.29, 0.717) is 11.6 Å². The highest BCUT2D eigenvalue weighted by Gasteiger charge is 2.19. The van der Waals surface area contributed by atoms with Gasteiger partial charge in [0, 0.05) is 32.9 Å². The van der Waals surface area contributed by atoms with Crippen LogP contribution in [-0.4, -0.2) is 34.7 Å². The van der Waals surface area contributed by atoms with E-state index in [1.165, 1.54) is 0 Å². The van der Waals surface area contributed by atoms with Crippen molar-refractivity contribution in [2.75, 3.05) is 14.1 Å². The predicted molar refractivity (Wildman–Crippen MR) is 55.3 cm³/mol. The molecule has 14 heavy (non-hydrogen) atoms. The summed E-state index contributed by atoms with van der Waals surface area (Å²) in [6.07, 6.45) is 1.90. The summed E-state index contributed by atoms with van der Waals surface area (Å²) in [6.45, 7) is 4.12. The third-order valence-corrected chi connectivity index (χ3v) is 2.09. The van der Waals surface area contributed by atoms with Gasteiger partial charge in [0.25, 0.3) is 5.91 Å². The second-order valence-corrected chi connectivity index (χ2v) is 3.96. The predicted octanol–water partition coefficient (Wildman–Crippen LogP) is 1.25. The molecule has 78 valence electrons. The maximum absolute atomic E-state index is 11.7. The van der Waals surface area contributed by atoms with Crippen LogP contribution < -0.4 is 0 Å². The van der Waals surface area contributed by atoms with Crippen LogP contribution in [0.4, 0.5) is 0 Å². The molecular weight excluding hydrogens is 178 g/mol. The fourth-order valence-electron chi connectivity index (χ4n) is 1.31. The fourth-order valence-corrected chi connectivity index (χ4v) is 1.31. The van der Waals surface area contributed by atoms with Gasteiger partial charge < -0.3 is 4.90 Å². The molecule has 0 saturated heterocycles. The van der Waals surface area contributed by atoms with Crippen molar-refractivity contribution in [2.24, 2.45) is 7.05 Å². The summed E-state index contributed by atoms with van der Waals surface area (Å²) >= 11 is 0. The van der Waals surface area contributed by atoms with Gasteiger partial charge in [-0.3, -0.25) is 9.48 Å². The van der Waals surface area contributed by atoms with E-state index in [1.807, 2.05) is 13.2 Å². The van der Waals surface area contributed by atoms with E-state index in [9.17, 15) is 4.79 Å². The summed E-state index contributed by atoms with van der Waals surface area (Å²) in [6, 6.07) is 0. The maximum atomic E-state index is 11.7. The number of hydrogen-bond acceptors (Lipinski definition) is 2. The quantitative estimate of drug-likeness (QED) is 0.712. The first-order chi connectivity index (χ1) is 6.43. The number of carbonyl (C=O) groups excluding carboxylic acids is 1. The van der Waals surface area contributed by atoms with Crippen LogP contribution in [0.2, 0.25) is 0 Å². The standard InChI is InChI=1S/C10H17N3O/c1-7(2)8-6-13(5)11-9(8)10(14)12(3)4/h6-7H,1-5H3. The molecule has 0 unspecified atom stereocenters. The number of nitrogens with zero attached hydrogens (tertiary/aromatic N) is 3. The largest absolute Gasteiger partial charge is 0.343 e. The monoisotopic (exact) mass is 195 g/mol. The molecule has 0 radical (unpaired) electrons. The van der Waals surface area contributed by atoms with E-state index in [1.54, 1.807) is 23.7 Å². The minimum absolute atomic E-state index is 0.0331. The molecule has 0 aromatic carbocycles. The van der Waals surface area contributed by atoms with Crippen molar-refractivity contribution in [3.63, 3.8) is 0 Å². The fraction of sp³-hybridized carbons (Fsp3) is 0.600. The van der Waals surface area contributed by atoms with Crippen molar-refractivity contribution in [1.29, 1.82) is 0 Å². The summed E-state index contributed by atoms with van der Waals surface area (Å²) in [5.74, 6) is 0.289. The highest BCUT2D eigenvalue weighted by molar-refractivity contribution is 5.93. The van der Waals surface area contributed by atoms with Gasteiger partial charge in [0.15, 0.2) is 5.69 Å². The zero-order valence-corrected chi connectivity index (χ0v) is 9.40. The van der Waals surface area contributed by atoms with Gasteiger partial charge >= 0.3 is 0 Å². The Labute approximate surface area is 84.5 Å². The van der Waals surface area contributed by atoms with Crippen LogP contribution >= 0.6 is 0 Å². The van der Waals surface area contributed by atoms with Crippen molar-refractivity contribution < 1.29 is 4.79 Å². The average molecular weight is 195 g/mol. The highest BCUT2D eigenvalue weighted by atomic mass is 16.2. The van der Waals surface area contributed by atoms with Crippen molar-refractivity contribution in [3.8, 4) is 0 Å². The number of hydrogen-bond donors (Lipinski definition) is 0. The molecule has 0 aliphatic heterocycles. The third kappa shape index (κ3) is 1.95. The number of aromatic nitrogens is 2. The first-order valence-corrected chi connectivity index (χ1v) is 4.68. The summed E-state index contributed by atoms with van der Waals surface area (Å²) in [7, 11) is 5.31. The Bertz CT molecular complexity index is 339. The van der Waals surface area contributed by atoms with E-state index in [0.717, 1.165) is 5.56 Å². The lowest BCUT2D eigenvalue weighted by Gasteiger charge is -2.10. The number of rotatable bonds is 2. The van der Waals surface area contributed by atoms with E-state index in [-0.39, 0.29) is 5.91 Å². The van der Waals surface area contributed by atoms with E-state index in [4.69, 9.17) is 0 Å².